The molecule has 31 heavy (non-hydrogen) atoms. The number of piperazine rings is 1. The molecule has 0 aliphatic carbocycles. The lowest BCUT2D eigenvalue weighted by molar-refractivity contribution is -0.148. The van der Waals surface area contributed by atoms with Crippen LogP contribution in [0.5, 0.6) is 0 Å². The lowest BCUT2D eigenvalue weighted by atomic mass is 9.99. The Kier molecular flexibility index (Phi) is 5.54. The van der Waals surface area contributed by atoms with E-state index in [1.807, 2.05) is 44.2 Å². The van der Waals surface area contributed by atoms with E-state index in [2.05, 4.69) is 16.0 Å². The maximum Gasteiger partial charge on any atom is 0.316 e. The minimum atomic E-state index is -0.527. The molecule has 2 heterocycles. The molecule has 156 valence electrons. The SMILES string of the molecule is Cc1cccc(N2CCN(C(Cc3ccc(C#N)cc3)c3cnc[nH]3)C(=O)C2=O)c1C. The van der Waals surface area contributed by atoms with Crippen LogP contribution in [0.3, 0.4) is 0 Å². The van der Waals surface area contributed by atoms with E-state index in [0.29, 0.717) is 25.1 Å². The third kappa shape index (κ3) is 3.92. The summed E-state index contributed by atoms with van der Waals surface area (Å²) in [6.45, 7) is 4.80. The monoisotopic (exact) mass is 413 g/mol. The summed E-state index contributed by atoms with van der Waals surface area (Å²) in [6.07, 6.45) is 3.76. The molecule has 0 spiro atoms. The van der Waals surface area contributed by atoms with E-state index in [-0.39, 0.29) is 6.04 Å². The van der Waals surface area contributed by atoms with Crippen LogP contribution in [0.2, 0.25) is 0 Å². The van der Waals surface area contributed by atoms with Gasteiger partial charge in [0.2, 0.25) is 0 Å². The van der Waals surface area contributed by atoms with E-state index in [0.717, 1.165) is 28.1 Å². The second-order valence-electron chi connectivity index (χ2n) is 7.71. The number of amides is 2. The first-order valence-corrected chi connectivity index (χ1v) is 10.2. The molecule has 4 rings (SSSR count). The van der Waals surface area contributed by atoms with Gasteiger partial charge in [0.05, 0.1) is 35.9 Å². The number of aryl methyl sites for hydroxylation is 1. The number of imidazole rings is 1. The molecule has 0 bridgehead atoms. The van der Waals surface area contributed by atoms with Crippen molar-refractivity contribution >= 4 is 17.5 Å². The van der Waals surface area contributed by atoms with Gasteiger partial charge in [-0.05, 0) is 55.2 Å². The maximum absolute atomic E-state index is 13.2. The van der Waals surface area contributed by atoms with Gasteiger partial charge in [0.15, 0.2) is 0 Å². The number of H-pyrrole nitrogens is 1. The highest BCUT2D eigenvalue weighted by atomic mass is 16.2. The molecule has 7 nitrogen and oxygen atoms in total. The van der Waals surface area contributed by atoms with Crippen LogP contribution in [0.4, 0.5) is 5.69 Å². The minimum absolute atomic E-state index is 0.354. The zero-order chi connectivity index (χ0) is 22.0. The van der Waals surface area contributed by atoms with Crippen LogP contribution in [0.15, 0.2) is 55.0 Å². The van der Waals surface area contributed by atoms with Crippen molar-refractivity contribution in [2.24, 2.45) is 0 Å². The number of aromatic amines is 1. The van der Waals surface area contributed by atoms with Crippen LogP contribution in [0.1, 0.15) is 34.0 Å². The highest BCUT2D eigenvalue weighted by Crippen LogP contribution is 2.29. The second-order valence-corrected chi connectivity index (χ2v) is 7.71. The number of aromatic nitrogens is 2. The molecule has 0 radical (unpaired) electrons. The van der Waals surface area contributed by atoms with Crippen molar-refractivity contribution < 1.29 is 9.59 Å². The molecule has 1 aliphatic rings. The average molecular weight is 413 g/mol. The minimum Gasteiger partial charge on any atom is -0.347 e. The first-order valence-electron chi connectivity index (χ1n) is 10.2. The van der Waals surface area contributed by atoms with Crippen LogP contribution in [-0.2, 0) is 16.0 Å². The number of hydrogen-bond acceptors (Lipinski definition) is 4. The van der Waals surface area contributed by atoms with Gasteiger partial charge in [-0.3, -0.25) is 9.59 Å². The van der Waals surface area contributed by atoms with E-state index in [1.165, 1.54) is 0 Å². The zero-order valence-electron chi connectivity index (χ0n) is 17.5. The molecule has 3 aromatic rings. The highest BCUT2D eigenvalue weighted by molar-refractivity contribution is 6.41. The molecule has 7 heteroatoms. The first-order chi connectivity index (χ1) is 15.0. The normalized spacial score (nSPS) is 15.1. The third-order valence-electron chi connectivity index (χ3n) is 5.89. The van der Waals surface area contributed by atoms with Gasteiger partial charge in [-0.15, -0.1) is 0 Å². The molecule has 2 amide bonds. The lowest BCUT2D eigenvalue weighted by Crippen LogP contribution is -2.56. The molecule has 1 atom stereocenters. The third-order valence-corrected chi connectivity index (χ3v) is 5.89. The number of nitrogens with zero attached hydrogens (tertiary/aromatic N) is 4. The number of nitriles is 1. The standard InChI is InChI=1S/C24H23N5O2/c1-16-4-3-5-21(17(16)2)28-10-11-29(24(31)23(28)30)22(20-14-26-15-27-20)12-18-6-8-19(13-25)9-7-18/h3-9,14-15,22H,10-12H2,1-2H3,(H,26,27). The fourth-order valence-corrected chi connectivity index (χ4v) is 3.98. The summed E-state index contributed by atoms with van der Waals surface area (Å²) in [4.78, 5) is 36.7. The Balaban J connectivity index is 1.61. The molecule has 1 unspecified atom stereocenters. The summed E-state index contributed by atoms with van der Waals surface area (Å²) in [5.41, 5.74) is 5.18. The number of carbonyl (C=O) groups is 2. The van der Waals surface area contributed by atoms with Gasteiger partial charge in [-0.1, -0.05) is 24.3 Å². The Morgan fingerprint density at radius 1 is 1.10 bits per heavy atom. The quantitative estimate of drug-likeness (QED) is 0.651. The number of benzene rings is 2. The fraction of sp³-hybridized carbons (Fsp3) is 0.250. The van der Waals surface area contributed by atoms with Gasteiger partial charge in [0, 0.05) is 18.8 Å². The van der Waals surface area contributed by atoms with Gasteiger partial charge < -0.3 is 14.8 Å². The summed E-state index contributed by atoms with van der Waals surface area (Å²) >= 11 is 0. The summed E-state index contributed by atoms with van der Waals surface area (Å²) in [6, 6.07) is 14.8. The van der Waals surface area contributed by atoms with E-state index in [9.17, 15) is 9.59 Å². The van der Waals surface area contributed by atoms with E-state index < -0.39 is 11.8 Å². The van der Waals surface area contributed by atoms with Crippen LogP contribution in [0.25, 0.3) is 0 Å². The smallest absolute Gasteiger partial charge is 0.316 e. The Hall–Kier alpha value is -3.92. The lowest BCUT2D eigenvalue weighted by Gasteiger charge is -2.38. The zero-order valence-corrected chi connectivity index (χ0v) is 17.5. The summed E-state index contributed by atoms with van der Waals surface area (Å²) in [5, 5.41) is 9.03. The highest BCUT2D eigenvalue weighted by Gasteiger charge is 2.38. The van der Waals surface area contributed by atoms with Crippen LogP contribution in [0, 0.1) is 25.2 Å². The van der Waals surface area contributed by atoms with Gasteiger partial charge in [-0.2, -0.15) is 5.26 Å². The molecule has 1 saturated heterocycles. The fourth-order valence-electron chi connectivity index (χ4n) is 3.98. The second kappa shape index (κ2) is 8.44. The molecule has 0 saturated carbocycles. The molecule has 1 fully saturated rings. The molecule has 1 aromatic heterocycles. The maximum atomic E-state index is 13.2. The number of carbonyl (C=O) groups excluding carboxylic acids is 2. The molecular weight excluding hydrogens is 390 g/mol. The van der Waals surface area contributed by atoms with Crippen LogP contribution in [-0.4, -0.2) is 39.8 Å². The van der Waals surface area contributed by atoms with E-state index in [1.54, 1.807) is 34.5 Å². The van der Waals surface area contributed by atoms with Gasteiger partial charge >= 0.3 is 11.8 Å². The molecule has 1 N–H and O–H groups in total. The van der Waals surface area contributed by atoms with Crippen molar-refractivity contribution in [3.63, 3.8) is 0 Å². The molecule has 2 aromatic carbocycles. The first kappa shape index (κ1) is 20.4. The number of rotatable bonds is 5. The van der Waals surface area contributed by atoms with E-state index >= 15 is 0 Å². The number of hydrogen-bond donors (Lipinski definition) is 1. The Morgan fingerprint density at radius 3 is 2.55 bits per heavy atom. The topological polar surface area (TPSA) is 93.1 Å². The van der Waals surface area contributed by atoms with Gasteiger partial charge in [0.25, 0.3) is 0 Å². The molecule has 1 aliphatic heterocycles. The van der Waals surface area contributed by atoms with Crippen molar-refractivity contribution in [1.82, 2.24) is 14.9 Å². The van der Waals surface area contributed by atoms with Gasteiger partial charge in [0.1, 0.15) is 0 Å². The van der Waals surface area contributed by atoms with Crippen molar-refractivity contribution in [3.8, 4) is 6.07 Å². The predicted molar refractivity (Wildman–Crippen MR) is 116 cm³/mol. The van der Waals surface area contributed by atoms with Gasteiger partial charge in [-0.25, -0.2) is 4.98 Å². The van der Waals surface area contributed by atoms with Crippen molar-refractivity contribution in [3.05, 3.63) is 82.9 Å². The average Bonchev–Trinajstić information content (AvgIpc) is 3.32. The summed E-state index contributed by atoms with van der Waals surface area (Å²) in [7, 11) is 0. The van der Waals surface area contributed by atoms with Crippen molar-refractivity contribution in [1.29, 1.82) is 5.26 Å². The Morgan fingerprint density at radius 2 is 1.87 bits per heavy atom. The van der Waals surface area contributed by atoms with Crippen molar-refractivity contribution in [2.75, 3.05) is 18.0 Å². The van der Waals surface area contributed by atoms with Crippen LogP contribution >= 0.6 is 0 Å². The largest absolute Gasteiger partial charge is 0.347 e. The van der Waals surface area contributed by atoms with Crippen molar-refractivity contribution in [2.45, 2.75) is 26.3 Å². The predicted octanol–water partition coefficient (Wildman–Crippen LogP) is 3.06. The summed E-state index contributed by atoms with van der Waals surface area (Å²) in [5.74, 6) is -1.05. The van der Waals surface area contributed by atoms with E-state index in [4.69, 9.17) is 5.26 Å². The number of anilines is 1. The molecular formula is C24H23N5O2. The number of nitrogens with one attached hydrogen (secondary N) is 1. The van der Waals surface area contributed by atoms with Crippen LogP contribution < -0.4 is 4.90 Å². The Labute approximate surface area is 180 Å². The summed E-state index contributed by atoms with van der Waals surface area (Å²) < 4.78 is 0. The Bertz CT molecular complexity index is 1150.